The Kier molecular flexibility index (Phi) is 6.92. The van der Waals surface area contributed by atoms with Gasteiger partial charge in [0.1, 0.15) is 18.0 Å². The Morgan fingerprint density at radius 2 is 1.90 bits per heavy atom. The second-order valence-corrected chi connectivity index (χ2v) is 8.25. The molecule has 1 aliphatic rings. The summed E-state index contributed by atoms with van der Waals surface area (Å²) in [4.78, 5) is 20.8. The number of ether oxygens (including phenoxy) is 1. The molecule has 3 heterocycles. The first kappa shape index (κ1) is 21.4. The first-order chi connectivity index (χ1) is 15.2. The second kappa shape index (κ2) is 10.0. The lowest BCUT2D eigenvalue weighted by Crippen LogP contribution is -2.28. The fraction of sp³-hybridized carbons (Fsp3) is 0.500. The maximum atomic E-state index is 6.27. The molecule has 7 heteroatoms. The molecule has 4 rings (SSSR count). The Labute approximate surface area is 184 Å². The average molecular weight is 421 g/mol. The maximum absolute atomic E-state index is 6.27. The molecule has 0 amide bonds. The van der Waals surface area contributed by atoms with Crippen LogP contribution in [0.1, 0.15) is 56.9 Å². The van der Waals surface area contributed by atoms with Gasteiger partial charge in [0, 0.05) is 20.2 Å². The van der Waals surface area contributed by atoms with Crippen molar-refractivity contribution < 1.29 is 4.74 Å². The smallest absolute Gasteiger partial charge is 0.165 e. The van der Waals surface area contributed by atoms with Crippen molar-refractivity contribution in [2.75, 3.05) is 37.4 Å². The van der Waals surface area contributed by atoms with Crippen molar-refractivity contribution >= 4 is 22.7 Å². The minimum atomic E-state index is 0.466. The van der Waals surface area contributed by atoms with Gasteiger partial charge in [-0.3, -0.25) is 0 Å². The molecular weight excluding hydrogens is 388 g/mol. The molecular formula is C24H32N6O. The van der Waals surface area contributed by atoms with Crippen LogP contribution in [0.3, 0.4) is 0 Å². The standard InChI is InChI=1S/C24H32N6O/c1-3-12-30(13-14-31-2)21-11-7-10-19(28-21)20-15-18(17-8-5-4-6-9-17)22-23(25)26-16-27-24(22)29-20/h7,10-11,15-17H,3-6,8-9,12-14H2,1-2H3,(H2,25,26,27,29). The van der Waals surface area contributed by atoms with Gasteiger partial charge >= 0.3 is 0 Å². The first-order valence-electron chi connectivity index (χ1n) is 11.3. The number of pyridine rings is 2. The van der Waals surface area contributed by atoms with E-state index in [4.69, 9.17) is 20.4 Å². The Morgan fingerprint density at radius 1 is 1.06 bits per heavy atom. The zero-order chi connectivity index (χ0) is 21.6. The molecule has 2 N–H and O–H groups in total. The predicted molar refractivity (Wildman–Crippen MR) is 125 cm³/mol. The van der Waals surface area contributed by atoms with E-state index in [0.717, 1.165) is 42.1 Å². The molecule has 0 bridgehead atoms. The van der Waals surface area contributed by atoms with Crippen molar-refractivity contribution in [1.29, 1.82) is 0 Å². The van der Waals surface area contributed by atoms with Crippen molar-refractivity contribution in [3.05, 3.63) is 36.2 Å². The van der Waals surface area contributed by atoms with Gasteiger partial charge in [0.05, 0.1) is 23.4 Å². The molecule has 0 saturated heterocycles. The topological polar surface area (TPSA) is 90.1 Å². The molecule has 1 saturated carbocycles. The molecule has 0 aliphatic heterocycles. The molecule has 0 spiro atoms. The molecule has 0 unspecified atom stereocenters. The lowest BCUT2D eigenvalue weighted by atomic mass is 9.82. The van der Waals surface area contributed by atoms with E-state index in [1.165, 1.54) is 44.0 Å². The van der Waals surface area contributed by atoms with Crippen molar-refractivity contribution in [1.82, 2.24) is 19.9 Å². The van der Waals surface area contributed by atoms with Crippen molar-refractivity contribution in [3.63, 3.8) is 0 Å². The highest BCUT2D eigenvalue weighted by Crippen LogP contribution is 2.38. The molecule has 7 nitrogen and oxygen atoms in total. The van der Waals surface area contributed by atoms with Crippen LogP contribution in [0.15, 0.2) is 30.6 Å². The van der Waals surface area contributed by atoms with Gasteiger partial charge in [0.25, 0.3) is 0 Å². The van der Waals surface area contributed by atoms with Crippen LogP contribution in [0.4, 0.5) is 11.6 Å². The third kappa shape index (κ3) is 4.77. The normalized spacial score (nSPS) is 14.8. The van der Waals surface area contributed by atoms with Gasteiger partial charge in [-0.15, -0.1) is 0 Å². The highest BCUT2D eigenvalue weighted by Gasteiger charge is 2.22. The minimum Gasteiger partial charge on any atom is -0.383 e. The van der Waals surface area contributed by atoms with Gasteiger partial charge in [-0.2, -0.15) is 0 Å². The van der Waals surface area contributed by atoms with Gasteiger partial charge in [-0.25, -0.2) is 19.9 Å². The van der Waals surface area contributed by atoms with Crippen molar-refractivity contribution in [3.8, 4) is 11.4 Å². The molecule has 3 aromatic heterocycles. The molecule has 0 atom stereocenters. The third-order valence-electron chi connectivity index (χ3n) is 6.09. The number of nitrogens with two attached hydrogens (primary N) is 1. The summed E-state index contributed by atoms with van der Waals surface area (Å²) in [6, 6.07) is 8.29. The Morgan fingerprint density at radius 3 is 2.68 bits per heavy atom. The Bertz CT molecular complexity index is 1020. The number of hydrogen-bond donors (Lipinski definition) is 1. The van der Waals surface area contributed by atoms with E-state index in [9.17, 15) is 0 Å². The van der Waals surface area contributed by atoms with E-state index in [0.29, 0.717) is 24.0 Å². The zero-order valence-electron chi connectivity index (χ0n) is 18.5. The molecule has 1 aliphatic carbocycles. The first-order valence-corrected chi connectivity index (χ1v) is 11.3. The lowest BCUT2D eigenvalue weighted by Gasteiger charge is -2.24. The molecule has 31 heavy (non-hydrogen) atoms. The van der Waals surface area contributed by atoms with Gasteiger partial charge in [-0.05, 0) is 48.9 Å². The van der Waals surface area contributed by atoms with Gasteiger partial charge in [-0.1, -0.05) is 32.3 Å². The number of nitrogens with zero attached hydrogens (tertiary/aromatic N) is 5. The third-order valence-corrected chi connectivity index (χ3v) is 6.09. The van der Waals surface area contributed by atoms with Crippen LogP contribution in [-0.2, 0) is 4.74 Å². The molecule has 0 aromatic carbocycles. The van der Waals surface area contributed by atoms with E-state index in [1.54, 1.807) is 7.11 Å². The van der Waals surface area contributed by atoms with Crippen LogP contribution < -0.4 is 10.6 Å². The number of methoxy groups -OCH3 is 1. The largest absolute Gasteiger partial charge is 0.383 e. The maximum Gasteiger partial charge on any atom is 0.165 e. The highest BCUT2D eigenvalue weighted by molar-refractivity contribution is 5.90. The quantitative estimate of drug-likeness (QED) is 0.570. The van der Waals surface area contributed by atoms with E-state index in [1.807, 2.05) is 12.1 Å². The lowest BCUT2D eigenvalue weighted by molar-refractivity contribution is 0.205. The number of fused-ring (bicyclic) bond motifs is 1. The number of nitrogen functional groups attached to an aromatic ring is 1. The summed E-state index contributed by atoms with van der Waals surface area (Å²) >= 11 is 0. The molecule has 1 fully saturated rings. The Hall–Kier alpha value is -2.80. The number of anilines is 2. The SMILES string of the molecule is CCCN(CCOC)c1cccc(-c2cc(C3CCCCC3)c3c(N)ncnc3n2)n1. The monoisotopic (exact) mass is 420 g/mol. The summed E-state index contributed by atoms with van der Waals surface area (Å²) in [6.07, 6.45) is 8.68. The number of hydrogen-bond acceptors (Lipinski definition) is 7. The molecule has 0 radical (unpaired) electrons. The second-order valence-electron chi connectivity index (χ2n) is 8.25. The highest BCUT2D eigenvalue weighted by atomic mass is 16.5. The van der Waals surface area contributed by atoms with Gasteiger partial charge < -0.3 is 15.4 Å². The summed E-state index contributed by atoms with van der Waals surface area (Å²) < 4.78 is 5.29. The molecule has 164 valence electrons. The zero-order valence-corrected chi connectivity index (χ0v) is 18.5. The summed E-state index contributed by atoms with van der Waals surface area (Å²) in [5, 5.41) is 0.905. The predicted octanol–water partition coefficient (Wildman–Crippen LogP) is 4.58. The summed E-state index contributed by atoms with van der Waals surface area (Å²) in [5.41, 5.74) is 9.84. The molecule has 3 aromatic rings. The van der Waals surface area contributed by atoms with Crippen LogP contribution >= 0.6 is 0 Å². The minimum absolute atomic E-state index is 0.466. The van der Waals surface area contributed by atoms with E-state index in [-0.39, 0.29) is 0 Å². The summed E-state index contributed by atoms with van der Waals surface area (Å²) in [5.74, 6) is 1.92. The van der Waals surface area contributed by atoms with E-state index in [2.05, 4.69) is 33.9 Å². The average Bonchev–Trinajstić information content (AvgIpc) is 2.82. The Balaban J connectivity index is 1.77. The van der Waals surface area contributed by atoms with Gasteiger partial charge in [0.2, 0.25) is 0 Å². The van der Waals surface area contributed by atoms with Crippen LogP contribution in [0.2, 0.25) is 0 Å². The summed E-state index contributed by atoms with van der Waals surface area (Å²) in [6.45, 7) is 4.59. The van der Waals surface area contributed by atoms with Crippen LogP contribution in [0.5, 0.6) is 0 Å². The van der Waals surface area contributed by atoms with Gasteiger partial charge in [0.15, 0.2) is 5.65 Å². The number of aromatic nitrogens is 4. The van der Waals surface area contributed by atoms with Crippen LogP contribution in [-0.4, -0.2) is 46.7 Å². The fourth-order valence-corrected chi connectivity index (χ4v) is 4.54. The number of rotatable bonds is 8. The van der Waals surface area contributed by atoms with Crippen LogP contribution in [0.25, 0.3) is 22.4 Å². The van der Waals surface area contributed by atoms with E-state index < -0.39 is 0 Å². The van der Waals surface area contributed by atoms with Crippen molar-refractivity contribution in [2.24, 2.45) is 0 Å². The van der Waals surface area contributed by atoms with E-state index >= 15 is 0 Å². The fourth-order valence-electron chi connectivity index (χ4n) is 4.54. The van der Waals surface area contributed by atoms with Crippen LogP contribution in [0, 0.1) is 0 Å². The summed E-state index contributed by atoms with van der Waals surface area (Å²) in [7, 11) is 1.73. The van der Waals surface area contributed by atoms with Crippen molar-refractivity contribution in [2.45, 2.75) is 51.4 Å².